The molecule has 58 valence electrons. The molecule has 0 aromatic heterocycles. The molecule has 0 aromatic rings. The standard InChI is InChI=1S/C4H5Cl2NO3/c1-2(8)4(5,6)7-3(9)10/h7H,1H3,(H,9,10). The summed E-state index contributed by atoms with van der Waals surface area (Å²) in [7, 11) is 0. The molecule has 10 heavy (non-hydrogen) atoms. The molecule has 0 radical (unpaired) electrons. The summed E-state index contributed by atoms with van der Waals surface area (Å²) in [5, 5.41) is 9.68. The smallest absolute Gasteiger partial charge is 0.407 e. The molecule has 0 saturated heterocycles. The maximum Gasteiger partial charge on any atom is 0.407 e. The predicted molar refractivity (Wildman–Crippen MR) is 36.3 cm³/mol. The maximum atomic E-state index is 10.4. The number of amides is 1. The predicted octanol–water partition coefficient (Wildman–Crippen LogP) is 0.974. The van der Waals surface area contributed by atoms with E-state index in [2.05, 4.69) is 0 Å². The molecule has 4 nitrogen and oxygen atoms in total. The molecule has 0 aliphatic heterocycles. The van der Waals surface area contributed by atoms with Gasteiger partial charge in [0, 0.05) is 0 Å². The van der Waals surface area contributed by atoms with Crippen LogP contribution in [0.4, 0.5) is 4.79 Å². The number of carbonyl (C=O) groups excluding carboxylic acids is 1. The first-order valence-electron chi connectivity index (χ1n) is 2.26. The lowest BCUT2D eigenvalue weighted by molar-refractivity contribution is -0.118. The molecule has 0 fully saturated rings. The van der Waals surface area contributed by atoms with E-state index in [1.54, 1.807) is 5.32 Å². The fraction of sp³-hybridized carbons (Fsp3) is 0.500. The van der Waals surface area contributed by atoms with E-state index in [1.165, 1.54) is 0 Å². The van der Waals surface area contributed by atoms with E-state index >= 15 is 0 Å². The van der Waals surface area contributed by atoms with Gasteiger partial charge in [0.1, 0.15) is 0 Å². The molecule has 0 atom stereocenters. The fourth-order valence-corrected chi connectivity index (χ4v) is 0.384. The van der Waals surface area contributed by atoms with E-state index in [1.807, 2.05) is 0 Å². The Hall–Kier alpha value is -0.480. The molecule has 0 spiro atoms. The zero-order valence-electron chi connectivity index (χ0n) is 5.02. The van der Waals surface area contributed by atoms with Gasteiger partial charge in [0.2, 0.25) is 0 Å². The number of carbonyl (C=O) groups is 2. The first-order valence-corrected chi connectivity index (χ1v) is 3.02. The fourth-order valence-electron chi connectivity index (χ4n) is 0.222. The van der Waals surface area contributed by atoms with Crippen molar-refractivity contribution in [1.29, 1.82) is 0 Å². The Balaban J connectivity index is 4.13. The molecule has 0 aliphatic rings. The Morgan fingerprint density at radius 3 is 2.00 bits per heavy atom. The molecule has 0 unspecified atom stereocenters. The van der Waals surface area contributed by atoms with Crippen LogP contribution in [0.5, 0.6) is 0 Å². The lowest BCUT2D eigenvalue weighted by Crippen LogP contribution is -2.43. The number of rotatable bonds is 2. The van der Waals surface area contributed by atoms with E-state index in [0.717, 1.165) is 6.92 Å². The van der Waals surface area contributed by atoms with Gasteiger partial charge in [-0.2, -0.15) is 0 Å². The lowest BCUT2D eigenvalue weighted by atomic mass is 10.4. The molecular weight excluding hydrogens is 181 g/mol. The highest BCUT2D eigenvalue weighted by molar-refractivity contribution is 6.58. The summed E-state index contributed by atoms with van der Waals surface area (Å²) in [5.74, 6) is -0.668. The van der Waals surface area contributed by atoms with Gasteiger partial charge in [-0.25, -0.2) is 4.79 Å². The van der Waals surface area contributed by atoms with Gasteiger partial charge in [-0.1, -0.05) is 23.2 Å². The minimum Gasteiger partial charge on any atom is -0.465 e. The van der Waals surface area contributed by atoms with Crippen molar-refractivity contribution >= 4 is 35.1 Å². The van der Waals surface area contributed by atoms with Crippen molar-refractivity contribution in [2.75, 3.05) is 0 Å². The van der Waals surface area contributed by atoms with Gasteiger partial charge < -0.3 is 5.11 Å². The molecule has 0 aromatic carbocycles. The molecular formula is C4H5Cl2NO3. The topological polar surface area (TPSA) is 66.4 Å². The van der Waals surface area contributed by atoms with Crippen LogP contribution in [0.3, 0.4) is 0 Å². The number of carboxylic acid groups (broad SMARTS) is 1. The van der Waals surface area contributed by atoms with E-state index in [4.69, 9.17) is 28.3 Å². The normalized spacial score (nSPS) is 10.7. The van der Waals surface area contributed by atoms with Crippen LogP contribution < -0.4 is 5.32 Å². The third kappa shape index (κ3) is 2.89. The first-order chi connectivity index (χ1) is 4.36. The molecule has 0 heterocycles. The summed E-state index contributed by atoms with van der Waals surface area (Å²) in [5.41, 5.74) is 0. The van der Waals surface area contributed by atoms with Crippen LogP contribution in [0.2, 0.25) is 0 Å². The third-order valence-electron chi connectivity index (χ3n) is 0.706. The number of ketones is 1. The Morgan fingerprint density at radius 2 is 1.90 bits per heavy atom. The highest BCUT2D eigenvalue weighted by Gasteiger charge is 2.31. The molecule has 0 aliphatic carbocycles. The third-order valence-corrected chi connectivity index (χ3v) is 1.43. The van der Waals surface area contributed by atoms with Crippen molar-refractivity contribution in [3.8, 4) is 0 Å². The van der Waals surface area contributed by atoms with Crippen molar-refractivity contribution in [3.05, 3.63) is 0 Å². The Kier molecular flexibility index (Phi) is 2.93. The Labute approximate surface area is 67.1 Å². The molecule has 0 bridgehead atoms. The second-order valence-electron chi connectivity index (χ2n) is 1.56. The minimum absolute atomic E-state index is 0.668. The Bertz CT molecular complexity index is 168. The van der Waals surface area contributed by atoms with Gasteiger partial charge in [0.05, 0.1) is 0 Å². The maximum absolute atomic E-state index is 10.4. The van der Waals surface area contributed by atoms with E-state index in [0.29, 0.717) is 0 Å². The summed E-state index contributed by atoms with van der Waals surface area (Å²) < 4.78 is -2.02. The van der Waals surface area contributed by atoms with Crippen molar-refractivity contribution in [2.45, 2.75) is 11.4 Å². The number of Topliss-reactive ketones (excluding diaryl/α,β-unsaturated/α-hetero) is 1. The number of halogens is 2. The highest BCUT2D eigenvalue weighted by atomic mass is 35.5. The average Bonchev–Trinajstić information content (AvgIpc) is 1.60. The van der Waals surface area contributed by atoms with Crippen LogP contribution in [0, 0.1) is 0 Å². The van der Waals surface area contributed by atoms with Crippen molar-refractivity contribution in [1.82, 2.24) is 5.32 Å². The van der Waals surface area contributed by atoms with E-state index in [-0.39, 0.29) is 0 Å². The van der Waals surface area contributed by atoms with Crippen LogP contribution in [0.25, 0.3) is 0 Å². The number of nitrogens with one attached hydrogen (secondary N) is 1. The first kappa shape index (κ1) is 9.52. The Morgan fingerprint density at radius 1 is 1.50 bits per heavy atom. The summed E-state index contributed by atoms with van der Waals surface area (Å²) in [6.07, 6.45) is -1.44. The molecule has 1 amide bonds. The quantitative estimate of drug-likeness (QED) is 0.498. The van der Waals surface area contributed by atoms with Gasteiger partial charge in [-0.15, -0.1) is 0 Å². The minimum atomic E-state index is -2.02. The summed E-state index contributed by atoms with van der Waals surface area (Å²) in [4.78, 5) is 20.3. The van der Waals surface area contributed by atoms with Gasteiger partial charge in [0.15, 0.2) is 5.78 Å². The van der Waals surface area contributed by atoms with Crippen molar-refractivity contribution in [3.63, 3.8) is 0 Å². The highest BCUT2D eigenvalue weighted by Crippen LogP contribution is 2.17. The van der Waals surface area contributed by atoms with Crippen LogP contribution in [0.15, 0.2) is 0 Å². The van der Waals surface area contributed by atoms with Crippen LogP contribution >= 0.6 is 23.2 Å². The monoisotopic (exact) mass is 185 g/mol. The summed E-state index contributed by atoms with van der Waals surface area (Å²) >= 11 is 10.4. The zero-order valence-corrected chi connectivity index (χ0v) is 6.53. The number of hydrogen-bond acceptors (Lipinski definition) is 2. The second-order valence-corrected chi connectivity index (χ2v) is 2.89. The van der Waals surface area contributed by atoms with Crippen LogP contribution in [0.1, 0.15) is 6.92 Å². The van der Waals surface area contributed by atoms with Gasteiger partial charge >= 0.3 is 6.09 Å². The van der Waals surface area contributed by atoms with Gasteiger partial charge in [0.25, 0.3) is 4.46 Å². The van der Waals surface area contributed by atoms with E-state index in [9.17, 15) is 9.59 Å². The average molecular weight is 186 g/mol. The van der Waals surface area contributed by atoms with E-state index < -0.39 is 16.3 Å². The zero-order chi connectivity index (χ0) is 8.36. The molecule has 6 heteroatoms. The molecule has 0 saturated carbocycles. The van der Waals surface area contributed by atoms with Crippen molar-refractivity contribution < 1.29 is 14.7 Å². The summed E-state index contributed by atoms with van der Waals surface area (Å²) in [6.45, 7) is 1.08. The summed E-state index contributed by atoms with van der Waals surface area (Å²) in [6, 6.07) is 0. The van der Waals surface area contributed by atoms with Crippen LogP contribution in [-0.4, -0.2) is 21.4 Å². The van der Waals surface area contributed by atoms with Crippen molar-refractivity contribution in [2.24, 2.45) is 0 Å². The molecule has 2 N–H and O–H groups in total. The second kappa shape index (κ2) is 3.07. The van der Waals surface area contributed by atoms with Crippen LogP contribution in [-0.2, 0) is 4.79 Å². The number of hydrogen-bond donors (Lipinski definition) is 2. The van der Waals surface area contributed by atoms with Gasteiger partial charge in [-0.05, 0) is 6.92 Å². The SMILES string of the molecule is CC(=O)C(Cl)(Cl)NC(=O)O. The lowest BCUT2D eigenvalue weighted by Gasteiger charge is -2.14. The number of alkyl halides is 2. The molecule has 0 rings (SSSR count). The largest absolute Gasteiger partial charge is 0.465 e. The van der Waals surface area contributed by atoms with Gasteiger partial charge in [-0.3, -0.25) is 10.1 Å².